The summed E-state index contributed by atoms with van der Waals surface area (Å²) >= 11 is 6.51. The molecule has 1 aromatic carbocycles. The van der Waals surface area contributed by atoms with E-state index >= 15 is 0 Å². The molecule has 0 unspecified atom stereocenters. The van der Waals surface area contributed by atoms with Gasteiger partial charge in [0.25, 0.3) is 0 Å². The number of halogens is 2. The van der Waals surface area contributed by atoms with Gasteiger partial charge in [-0.25, -0.2) is 13.4 Å². The average Bonchev–Trinajstić information content (AvgIpc) is 2.46. The third-order valence-corrected chi connectivity index (χ3v) is 6.40. The fourth-order valence-corrected chi connectivity index (χ4v) is 4.76. The molecule has 0 aliphatic heterocycles. The highest BCUT2D eigenvalue weighted by Gasteiger charge is 2.25. The van der Waals surface area contributed by atoms with Gasteiger partial charge in [0.05, 0.1) is 11.4 Å². The Morgan fingerprint density at radius 1 is 1.25 bits per heavy atom. The molecule has 0 radical (unpaired) electrons. The molecule has 0 saturated carbocycles. The van der Waals surface area contributed by atoms with Crippen LogP contribution in [0.2, 0.25) is 0 Å². The van der Waals surface area contributed by atoms with E-state index in [1.54, 1.807) is 30.5 Å². The Bertz CT molecular complexity index is 872. The number of amides is 1. The molecular formula is C15H15Br2N3O3S. The topological polar surface area (TPSA) is 79.4 Å². The number of aryl methyl sites for hydroxylation is 1. The molecule has 2 rings (SSSR count). The Hall–Kier alpha value is -1.29. The van der Waals surface area contributed by atoms with Crippen molar-refractivity contribution in [2.24, 2.45) is 0 Å². The van der Waals surface area contributed by atoms with Gasteiger partial charge in [-0.3, -0.25) is 4.79 Å². The van der Waals surface area contributed by atoms with Crippen LogP contribution in [-0.4, -0.2) is 37.2 Å². The van der Waals surface area contributed by atoms with Crippen molar-refractivity contribution in [2.75, 3.05) is 18.9 Å². The van der Waals surface area contributed by atoms with E-state index in [0.717, 1.165) is 14.3 Å². The standard InChI is InChI=1S/C15H15Br2N3O3S/c1-10-5-6-18-14(7-10)19-15(21)9-20(2)24(22,23)13-4-3-11(16)8-12(13)17/h3-8H,9H2,1-2H3,(H,18,19,21). The average molecular weight is 477 g/mol. The van der Waals surface area contributed by atoms with Crippen LogP contribution in [0.25, 0.3) is 0 Å². The second-order valence-corrected chi connectivity index (χ2v) is 8.89. The van der Waals surface area contributed by atoms with Crippen molar-refractivity contribution in [2.45, 2.75) is 11.8 Å². The molecule has 0 aliphatic rings. The molecule has 1 aromatic heterocycles. The molecule has 6 nitrogen and oxygen atoms in total. The Labute approximate surface area is 157 Å². The first-order valence-corrected chi connectivity index (χ1v) is 9.86. The fraction of sp³-hybridized carbons (Fsp3) is 0.200. The van der Waals surface area contributed by atoms with E-state index in [0.29, 0.717) is 10.3 Å². The molecule has 128 valence electrons. The van der Waals surface area contributed by atoms with Crippen LogP contribution in [0.1, 0.15) is 5.56 Å². The molecule has 0 aliphatic carbocycles. The minimum atomic E-state index is -3.80. The number of likely N-dealkylation sites (N-methyl/N-ethyl adjacent to an activating group) is 1. The predicted octanol–water partition coefficient (Wildman–Crippen LogP) is 3.17. The van der Waals surface area contributed by atoms with Crippen LogP contribution in [0.3, 0.4) is 0 Å². The molecule has 0 saturated heterocycles. The number of nitrogens with zero attached hydrogens (tertiary/aromatic N) is 2. The zero-order valence-corrected chi connectivity index (χ0v) is 16.9. The summed E-state index contributed by atoms with van der Waals surface area (Å²) in [6, 6.07) is 8.24. The van der Waals surface area contributed by atoms with Crippen molar-refractivity contribution in [1.82, 2.24) is 9.29 Å². The summed E-state index contributed by atoms with van der Waals surface area (Å²) in [6.07, 6.45) is 1.57. The molecule has 9 heteroatoms. The molecule has 0 atom stereocenters. The molecular weight excluding hydrogens is 462 g/mol. The second kappa shape index (κ2) is 7.73. The first kappa shape index (κ1) is 19.0. The first-order valence-electron chi connectivity index (χ1n) is 6.84. The zero-order valence-electron chi connectivity index (χ0n) is 13.0. The van der Waals surface area contributed by atoms with Crippen molar-refractivity contribution < 1.29 is 13.2 Å². The van der Waals surface area contributed by atoms with Crippen molar-refractivity contribution in [3.8, 4) is 0 Å². The van der Waals surface area contributed by atoms with Gasteiger partial charge in [0.1, 0.15) is 5.82 Å². The van der Waals surface area contributed by atoms with Crippen LogP contribution in [0.15, 0.2) is 50.4 Å². The maximum absolute atomic E-state index is 12.6. The lowest BCUT2D eigenvalue weighted by Gasteiger charge is -2.17. The van der Waals surface area contributed by atoms with Gasteiger partial charge in [-0.1, -0.05) is 15.9 Å². The maximum Gasteiger partial charge on any atom is 0.244 e. The largest absolute Gasteiger partial charge is 0.310 e. The number of carbonyl (C=O) groups excluding carboxylic acids is 1. The first-order chi connectivity index (χ1) is 11.2. The van der Waals surface area contributed by atoms with Gasteiger partial charge in [0.2, 0.25) is 15.9 Å². The predicted molar refractivity (Wildman–Crippen MR) is 99.3 cm³/mol. The smallest absolute Gasteiger partial charge is 0.244 e. The van der Waals surface area contributed by atoms with Crippen molar-refractivity contribution in [3.63, 3.8) is 0 Å². The van der Waals surface area contributed by atoms with Crippen LogP contribution < -0.4 is 5.32 Å². The molecule has 0 fully saturated rings. The van der Waals surface area contributed by atoms with Crippen molar-refractivity contribution in [1.29, 1.82) is 0 Å². The highest BCUT2D eigenvalue weighted by molar-refractivity contribution is 9.11. The van der Waals surface area contributed by atoms with Gasteiger partial charge >= 0.3 is 0 Å². The van der Waals surface area contributed by atoms with Gasteiger partial charge in [-0.05, 0) is 58.7 Å². The Morgan fingerprint density at radius 2 is 1.96 bits per heavy atom. The number of benzene rings is 1. The normalized spacial score (nSPS) is 11.5. The number of nitrogens with one attached hydrogen (secondary N) is 1. The summed E-state index contributed by atoms with van der Waals surface area (Å²) in [7, 11) is -2.44. The number of rotatable bonds is 5. The number of hydrogen-bond acceptors (Lipinski definition) is 4. The fourth-order valence-electron chi connectivity index (χ4n) is 1.93. The lowest BCUT2D eigenvalue weighted by Crippen LogP contribution is -2.35. The van der Waals surface area contributed by atoms with E-state index < -0.39 is 15.9 Å². The Morgan fingerprint density at radius 3 is 2.58 bits per heavy atom. The van der Waals surface area contributed by atoms with Gasteiger partial charge in [0, 0.05) is 22.2 Å². The lowest BCUT2D eigenvalue weighted by atomic mass is 10.3. The molecule has 0 bridgehead atoms. The highest BCUT2D eigenvalue weighted by Crippen LogP contribution is 2.27. The van der Waals surface area contributed by atoms with E-state index in [1.807, 2.05) is 6.92 Å². The summed E-state index contributed by atoms with van der Waals surface area (Å²) in [5, 5.41) is 2.59. The summed E-state index contributed by atoms with van der Waals surface area (Å²) in [6.45, 7) is 1.56. The number of anilines is 1. The van der Waals surface area contributed by atoms with E-state index in [4.69, 9.17) is 0 Å². The van der Waals surface area contributed by atoms with Crippen LogP contribution in [0.5, 0.6) is 0 Å². The number of sulfonamides is 1. The van der Waals surface area contributed by atoms with Crippen molar-refractivity contribution >= 4 is 53.6 Å². The zero-order chi connectivity index (χ0) is 17.9. The van der Waals surface area contributed by atoms with E-state index in [1.165, 1.54) is 13.1 Å². The van der Waals surface area contributed by atoms with Gasteiger partial charge in [0.15, 0.2) is 0 Å². The van der Waals surface area contributed by atoms with Crippen LogP contribution in [0, 0.1) is 6.92 Å². The van der Waals surface area contributed by atoms with Crippen LogP contribution >= 0.6 is 31.9 Å². The van der Waals surface area contributed by atoms with Crippen LogP contribution in [0.4, 0.5) is 5.82 Å². The maximum atomic E-state index is 12.6. The number of aromatic nitrogens is 1. The molecule has 2 aromatic rings. The second-order valence-electron chi connectivity index (χ2n) is 5.10. The minimum absolute atomic E-state index is 0.0923. The van der Waals surface area contributed by atoms with E-state index in [2.05, 4.69) is 42.2 Å². The third kappa shape index (κ3) is 4.62. The third-order valence-electron chi connectivity index (χ3n) is 3.13. The molecule has 24 heavy (non-hydrogen) atoms. The molecule has 0 spiro atoms. The van der Waals surface area contributed by atoms with Crippen LogP contribution in [-0.2, 0) is 14.8 Å². The minimum Gasteiger partial charge on any atom is -0.310 e. The molecule has 1 heterocycles. The summed E-state index contributed by atoms with van der Waals surface area (Å²) in [5.74, 6) is -0.0805. The summed E-state index contributed by atoms with van der Waals surface area (Å²) in [5.41, 5.74) is 0.945. The Kier molecular flexibility index (Phi) is 6.13. The lowest BCUT2D eigenvalue weighted by molar-refractivity contribution is -0.116. The molecule has 1 amide bonds. The van der Waals surface area contributed by atoms with Gasteiger partial charge in [-0.15, -0.1) is 0 Å². The quantitative estimate of drug-likeness (QED) is 0.718. The van der Waals surface area contributed by atoms with Gasteiger partial charge < -0.3 is 5.32 Å². The molecule has 1 N–H and O–H groups in total. The van der Waals surface area contributed by atoms with Crippen molar-refractivity contribution in [3.05, 3.63) is 51.0 Å². The number of pyridine rings is 1. The van der Waals surface area contributed by atoms with E-state index in [-0.39, 0.29) is 11.4 Å². The number of hydrogen-bond donors (Lipinski definition) is 1. The summed E-state index contributed by atoms with van der Waals surface area (Å²) in [4.78, 5) is 16.2. The highest BCUT2D eigenvalue weighted by atomic mass is 79.9. The monoisotopic (exact) mass is 475 g/mol. The van der Waals surface area contributed by atoms with Gasteiger partial charge in [-0.2, -0.15) is 4.31 Å². The Balaban J connectivity index is 2.12. The number of carbonyl (C=O) groups is 1. The SMILES string of the molecule is Cc1ccnc(NC(=O)CN(C)S(=O)(=O)c2ccc(Br)cc2Br)c1. The van der Waals surface area contributed by atoms with E-state index in [9.17, 15) is 13.2 Å². The summed E-state index contributed by atoms with van der Waals surface area (Å²) < 4.78 is 27.3.